The van der Waals surface area contributed by atoms with E-state index in [0.717, 1.165) is 0 Å². The van der Waals surface area contributed by atoms with Crippen LogP contribution in [-0.2, 0) is 19.0 Å². The molecule has 1 atom stereocenters. The highest BCUT2D eigenvalue weighted by Crippen LogP contribution is 2.14. The predicted molar refractivity (Wildman–Crippen MR) is 93.7 cm³/mol. The fourth-order valence-electron chi connectivity index (χ4n) is 1.68. The molecule has 1 unspecified atom stereocenters. The molecule has 0 aliphatic rings. The van der Waals surface area contributed by atoms with E-state index in [4.69, 9.17) is 14.2 Å². The summed E-state index contributed by atoms with van der Waals surface area (Å²) in [5.74, 6) is 0.639. The molecule has 0 rings (SSSR count). The number of alkyl carbamates (subject to hydrolysis) is 1. The van der Waals surface area contributed by atoms with Crippen LogP contribution in [0.3, 0.4) is 0 Å². The Morgan fingerprint density at radius 2 is 1.72 bits per heavy atom. The summed E-state index contributed by atoms with van der Waals surface area (Å²) in [5.41, 5.74) is -0.151. The van der Waals surface area contributed by atoms with E-state index in [0.29, 0.717) is 17.1 Å². The largest absolute Gasteiger partial charge is 0.501 e. The predicted octanol–water partition coefficient (Wildman–Crippen LogP) is 1.46. The van der Waals surface area contributed by atoms with Crippen molar-refractivity contribution >= 4 is 12.0 Å². The van der Waals surface area contributed by atoms with E-state index in [9.17, 15) is 14.7 Å². The topological polar surface area (TPSA) is 106 Å². The van der Waals surface area contributed by atoms with Gasteiger partial charge in [0.2, 0.25) is 5.91 Å². The van der Waals surface area contributed by atoms with Crippen LogP contribution in [0.4, 0.5) is 4.79 Å². The lowest BCUT2D eigenvalue weighted by Crippen LogP contribution is -2.42. The zero-order valence-corrected chi connectivity index (χ0v) is 16.1. The molecule has 0 saturated carbocycles. The van der Waals surface area contributed by atoms with Gasteiger partial charge in [-0.1, -0.05) is 0 Å². The molecule has 8 nitrogen and oxygen atoms in total. The summed E-state index contributed by atoms with van der Waals surface area (Å²) >= 11 is 0. The number of ether oxygens (including phenoxy) is 3. The Hall–Kier alpha value is -2.22. The van der Waals surface area contributed by atoms with E-state index in [1.54, 1.807) is 40.7 Å². The molecule has 3 N–H and O–H groups in total. The number of hydrogen-bond donors (Lipinski definition) is 3. The number of rotatable bonds is 8. The molecule has 0 aromatic heterocycles. The number of hydrogen-bond acceptors (Lipinski definition) is 6. The van der Waals surface area contributed by atoms with Crippen LogP contribution in [0.2, 0.25) is 0 Å². The van der Waals surface area contributed by atoms with Gasteiger partial charge in [0.1, 0.15) is 5.60 Å². The van der Waals surface area contributed by atoms with E-state index in [-0.39, 0.29) is 13.1 Å². The number of nitrogens with one attached hydrogen (secondary N) is 2. The number of carbonyl (C=O) groups is 2. The van der Waals surface area contributed by atoms with E-state index in [1.807, 2.05) is 0 Å². The van der Waals surface area contributed by atoms with Crippen molar-refractivity contribution in [2.75, 3.05) is 27.3 Å². The number of carbonyl (C=O) groups excluding carboxylic acids is 2. The summed E-state index contributed by atoms with van der Waals surface area (Å²) in [6.45, 7) is 8.32. The van der Waals surface area contributed by atoms with Gasteiger partial charge in [-0.25, -0.2) is 4.79 Å². The quantitative estimate of drug-likeness (QED) is 0.448. The van der Waals surface area contributed by atoms with Crippen molar-refractivity contribution < 1.29 is 28.9 Å². The van der Waals surface area contributed by atoms with Gasteiger partial charge in [0.15, 0.2) is 0 Å². The maximum absolute atomic E-state index is 11.8. The van der Waals surface area contributed by atoms with Crippen LogP contribution in [0.5, 0.6) is 0 Å². The Kier molecular flexibility index (Phi) is 9.66. The van der Waals surface area contributed by atoms with Crippen LogP contribution in [0.15, 0.2) is 23.2 Å². The average molecular weight is 358 g/mol. The summed E-state index contributed by atoms with van der Waals surface area (Å²) in [4.78, 5) is 23.3. The van der Waals surface area contributed by atoms with Gasteiger partial charge in [-0.15, -0.1) is 0 Å². The van der Waals surface area contributed by atoms with Crippen LogP contribution in [-0.4, -0.2) is 56.1 Å². The third-order valence-electron chi connectivity index (χ3n) is 3.04. The highest BCUT2D eigenvalue weighted by molar-refractivity contribution is 5.82. The highest BCUT2D eigenvalue weighted by atomic mass is 16.6. The number of aliphatic hydroxyl groups excluding tert-OH is 1. The molecular weight excluding hydrogens is 328 g/mol. The maximum Gasteiger partial charge on any atom is 0.408 e. The van der Waals surface area contributed by atoms with Gasteiger partial charge >= 0.3 is 6.09 Å². The van der Waals surface area contributed by atoms with Gasteiger partial charge in [-0.05, 0) is 40.7 Å². The summed E-state index contributed by atoms with van der Waals surface area (Å²) in [7, 11) is 3.00. The van der Waals surface area contributed by atoms with Crippen molar-refractivity contribution in [1.29, 1.82) is 0 Å². The molecule has 144 valence electrons. The smallest absolute Gasteiger partial charge is 0.408 e. The zero-order valence-electron chi connectivity index (χ0n) is 16.1. The van der Waals surface area contributed by atoms with Crippen LogP contribution in [0.25, 0.3) is 0 Å². The minimum atomic E-state index is -0.990. The third kappa shape index (κ3) is 10.3. The van der Waals surface area contributed by atoms with Gasteiger partial charge in [0.25, 0.3) is 0 Å². The molecule has 0 saturated heterocycles. The van der Waals surface area contributed by atoms with Crippen molar-refractivity contribution in [3.63, 3.8) is 0 Å². The molecule has 0 aliphatic heterocycles. The van der Waals surface area contributed by atoms with Crippen molar-refractivity contribution in [3.8, 4) is 0 Å². The maximum atomic E-state index is 11.8. The standard InChI is InChI=1S/C17H30N2O6/c1-11(23-6)8-13(12(2)24-7)14(20)9-18-15(21)10-19-16(22)25-17(3,4)5/h8,14,20H,9-10H2,1-7H3,(H,18,21)(H,19,22)/b11-8+,13-12-. The lowest BCUT2D eigenvalue weighted by atomic mass is 10.1. The number of aliphatic hydroxyl groups is 1. The van der Waals surface area contributed by atoms with E-state index >= 15 is 0 Å². The highest BCUT2D eigenvalue weighted by Gasteiger charge is 2.18. The molecule has 0 aromatic carbocycles. The molecular formula is C17H30N2O6. The summed E-state index contributed by atoms with van der Waals surface area (Å²) < 4.78 is 15.2. The normalized spacial score (nSPS) is 14.2. The first-order chi connectivity index (χ1) is 11.5. The van der Waals surface area contributed by atoms with E-state index in [2.05, 4.69) is 10.6 Å². The van der Waals surface area contributed by atoms with Gasteiger partial charge in [-0.3, -0.25) is 4.79 Å². The molecule has 0 radical (unpaired) electrons. The SMILES string of the molecule is CO/C(C)=C(/C=C(\C)OC)C(O)CNC(=O)CNC(=O)OC(C)(C)C. The van der Waals surface area contributed by atoms with Crippen molar-refractivity contribution in [2.45, 2.75) is 46.3 Å². The summed E-state index contributed by atoms with van der Waals surface area (Å²) in [5, 5.41) is 15.1. The molecule has 0 aliphatic carbocycles. The third-order valence-corrected chi connectivity index (χ3v) is 3.04. The van der Waals surface area contributed by atoms with Crippen LogP contribution in [0.1, 0.15) is 34.6 Å². The summed E-state index contributed by atoms with van der Waals surface area (Å²) in [6, 6.07) is 0. The van der Waals surface area contributed by atoms with Gasteiger partial charge < -0.3 is 30.0 Å². The van der Waals surface area contributed by atoms with Crippen LogP contribution >= 0.6 is 0 Å². The zero-order chi connectivity index (χ0) is 19.6. The van der Waals surface area contributed by atoms with E-state index < -0.39 is 23.7 Å². The molecule has 0 aromatic rings. The van der Waals surface area contributed by atoms with E-state index in [1.165, 1.54) is 14.2 Å². The molecule has 0 fully saturated rings. The Labute approximate surface area is 149 Å². The Morgan fingerprint density at radius 1 is 1.12 bits per heavy atom. The fourth-order valence-corrected chi connectivity index (χ4v) is 1.68. The Morgan fingerprint density at radius 3 is 2.20 bits per heavy atom. The second kappa shape index (κ2) is 10.6. The molecule has 8 heteroatoms. The van der Waals surface area contributed by atoms with Crippen molar-refractivity contribution in [1.82, 2.24) is 10.6 Å². The van der Waals surface area contributed by atoms with Gasteiger partial charge in [0, 0.05) is 12.1 Å². The fraction of sp³-hybridized carbons (Fsp3) is 0.647. The molecule has 0 heterocycles. The number of methoxy groups -OCH3 is 2. The molecule has 2 amide bonds. The Balaban J connectivity index is 4.58. The van der Waals surface area contributed by atoms with Crippen molar-refractivity contribution in [3.05, 3.63) is 23.2 Å². The summed E-state index contributed by atoms with van der Waals surface area (Å²) in [6.07, 6.45) is -0.0394. The minimum absolute atomic E-state index is 0.0433. The first kappa shape index (κ1) is 22.8. The van der Waals surface area contributed by atoms with Crippen molar-refractivity contribution in [2.24, 2.45) is 0 Å². The van der Waals surface area contributed by atoms with Gasteiger partial charge in [-0.2, -0.15) is 0 Å². The number of allylic oxidation sites excluding steroid dienone is 2. The minimum Gasteiger partial charge on any atom is -0.501 e. The second-order valence-electron chi connectivity index (χ2n) is 6.35. The molecule has 0 spiro atoms. The first-order valence-corrected chi connectivity index (χ1v) is 7.88. The van der Waals surface area contributed by atoms with Gasteiger partial charge in [0.05, 0.1) is 38.4 Å². The number of amides is 2. The lowest BCUT2D eigenvalue weighted by molar-refractivity contribution is -0.120. The average Bonchev–Trinajstić information content (AvgIpc) is 2.52. The lowest BCUT2D eigenvalue weighted by Gasteiger charge is -2.20. The van der Waals surface area contributed by atoms with Crippen LogP contribution < -0.4 is 10.6 Å². The molecule has 25 heavy (non-hydrogen) atoms. The molecule has 0 bridgehead atoms. The second-order valence-corrected chi connectivity index (χ2v) is 6.35. The Bertz CT molecular complexity index is 520. The van der Waals surface area contributed by atoms with Crippen LogP contribution in [0, 0.1) is 0 Å². The first-order valence-electron chi connectivity index (χ1n) is 7.88. The monoisotopic (exact) mass is 358 g/mol.